The maximum atomic E-state index is 9.91. The molecule has 2 N–H and O–H groups in total. The van der Waals surface area contributed by atoms with Crippen LogP contribution in [0.5, 0.6) is 0 Å². The first kappa shape index (κ1) is 24.9. The summed E-state index contributed by atoms with van der Waals surface area (Å²) in [7, 11) is 0. The molecule has 0 amide bonds. The maximum absolute atomic E-state index is 9.91. The third kappa shape index (κ3) is 20.0. The van der Waals surface area contributed by atoms with E-state index in [0.29, 0.717) is 19.4 Å². The first-order chi connectivity index (χ1) is 12.1. The topological polar surface area (TPSA) is 49.7 Å². The third-order valence-electron chi connectivity index (χ3n) is 4.81. The molecular formula is C22H45O3. The molecular weight excluding hydrogens is 312 g/mol. The van der Waals surface area contributed by atoms with E-state index in [1.807, 2.05) is 0 Å². The van der Waals surface area contributed by atoms with Crippen LogP contribution >= 0.6 is 0 Å². The second-order valence-electron chi connectivity index (χ2n) is 7.70. The summed E-state index contributed by atoms with van der Waals surface area (Å²) in [6, 6.07) is 0. The molecule has 3 heteroatoms. The summed E-state index contributed by atoms with van der Waals surface area (Å²) >= 11 is 0. The van der Waals surface area contributed by atoms with Gasteiger partial charge in [0.1, 0.15) is 0 Å². The van der Waals surface area contributed by atoms with Crippen molar-refractivity contribution < 1.29 is 14.9 Å². The molecule has 25 heavy (non-hydrogen) atoms. The van der Waals surface area contributed by atoms with E-state index < -0.39 is 5.60 Å². The summed E-state index contributed by atoms with van der Waals surface area (Å²) < 4.78 is 5.51. The first-order valence-corrected chi connectivity index (χ1v) is 10.9. The van der Waals surface area contributed by atoms with Gasteiger partial charge in [-0.2, -0.15) is 0 Å². The fourth-order valence-electron chi connectivity index (χ4n) is 3.14. The molecule has 0 aliphatic heterocycles. The molecule has 0 heterocycles. The van der Waals surface area contributed by atoms with Gasteiger partial charge in [-0.1, -0.05) is 90.4 Å². The molecule has 0 bridgehead atoms. The smallest absolute Gasteiger partial charge is 0.0882 e. The highest BCUT2D eigenvalue weighted by molar-refractivity contribution is 4.80. The summed E-state index contributed by atoms with van der Waals surface area (Å²) in [5.41, 5.74) is -1.04. The van der Waals surface area contributed by atoms with Crippen LogP contribution in [0.1, 0.15) is 110 Å². The van der Waals surface area contributed by atoms with Gasteiger partial charge in [0.15, 0.2) is 0 Å². The minimum Gasteiger partial charge on any atom is -0.396 e. The van der Waals surface area contributed by atoms with Crippen molar-refractivity contribution in [2.24, 2.45) is 0 Å². The zero-order valence-corrected chi connectivity index (χ0v) is 16.9. The van der Waals surface area contributed by atoms with Crippen molar-refractivity contribution in [3.8, 4) is 0 Å². The second kappa shape index (κ2) is 18.7. The molecule has 0 spiro atoms. The van der Waals surface area contributed by atoms with Crippen LogP contribution in [0.15, 0.2) is 0 Å². The highest BCUT2D eigenvalue weighted by Crippen LogP contribution is 2.14. The summed E-state index contributed by atoms with van der Waals surface area (Å²) in [5.74, 6) is 0. The van der Waals surface area contributed by atoms with Crippen LogP contribution in [-0.2, 0) is 4.74 Å². The van der Waals surface area contributed by atoms with Crippen molar-refractivity contribution in [2.75, 3.05) is 19.8 Å². The Bertz CT molecular complexity index is 254. The van der Waals surface area contributed by atoms with Gasteiger partial charge >= 0.3 is 0 Å². The predicted octanol–water partition coefficient (Wildman–Crippen LogP) is 5.82. The van der Waals surface area contributed by atoms with Crippen molar-refractivity contribution in [1.82, 2.24) is 0 Å². The zero-order valence-electron chi connectivity index (χ0n) is 16.9. The fraction of sp³-hybridized carbons (Fsp3) is 0.955. The summed E-state index contributed by atoms with van der Waals surface area (Å²) in [6.45, 7) is 7.07. The summed E-state index contributed by atoms with van der Waals surface area (Å²) in [6.07, 6.45) is 20.0. The van der Waals surface area contributed by atoms with Gasteiger partial charge in [-0.15, -0.1) is 0 Å². The first-order valence-electron chi connectivity index (χ1n) is 10.9. The molecule has 1 atom stereocenters. The number of ether oxygens (including phenoxy) is 1. The molecule has 3 nitrogen and oxygen atoms in total. The van der Waals surface area contributed by atoms with Crippen LogP contribution in [0.3, 0.4) is 0 Å². The molecule has 0 aliphatic carbocycles. The highest BCUT2D eigenvalue weighted by atomic mass is 16.5. The van der Waals surface area contributed by atoms with E-state index in [9.17, 15) is 5.11 Å². The number of aliphatic hydroxyl groups excluding tert-OH is 1. The Kier molecular flexibility index (Phi) is 18.6. The minimum atomic E-state index is -1.04. The third-order valence-corrected chi connectivity index (χ3v) is 4.81. The number of hydrogen-bond donors (Lipinski definition) is 2. The van der Waals surface area contributed by atoms with E-state index in [1.54, 1.807) is 0 Å². The lowest BCUT2D eigenvalue weighted by Gasteiger charge is -2.22. The Balaban J connectivity index is 3.14. The fourth-order valence-corrected chi connectivity index (χ4v) is 3.14. The lowest BCUT2D eigenvalue weighted by molar-refractivity contribution is -0.0245. The Labute approximate surface area is 157 Å². The molecule has 151 valence electrons. The second-order valence-corrected chi connectivity index (χ2v) is 7.70. The molecule has 0 saturated carbocycles. The average molecular weight is 358 g/mol. The lowest BCUT2D eigenvalue weighted by atomic mass is 10.0. The monoisotopic (exact) mass is 357 g/mol. The number of unbranched alkanes of at least 4 members (excludes halogenated alkanes) is 13. The van der Waals surface area contributed by atoms with Crippen LogP contribution in [0.25, 0.3) is 0 Å². The van der Waals surface area contributed by atoms with E-state index >= 15 is 0 Å². The van der Waals surface area contributed by atoms with Crippen molar-refractivity contribution in [2.45, 2.75) is 115 Å². The van der Waals surface area contributed by atoms with E-state index in [0.717, 1.165) is 6.42 Å². The maximum Gasteiger partial charge on any atom is 0.0882 e. The molecule has 1 radical (unpaired) electrons. The van der Waals surface area contributed by atoms with E-state index in [2.05, 4.69) is 13.8 Å². The Morgan fingerprint density at radius 2 is 1.16 bits per heavy atom. The quantitative estimate of drug-likeness (QED) is 0.270. The molecule has 0 fully saturated rings. The van der Waals surface area contributed by atoms with Gasteiger partial charge in [0, 0.05) is 13.2 Å². The Hall–Kier alpha value is -0.120. The van der Waals surface area contributed by atoms with Gasteiger partial charge < -0.3 is 14.9 Å². The van der Waals surface area contributed by atoms with Crippen LogP contribution in [0.2, 0.25) is 0 Å². The van der Waals surface area contributed by atoms with Gasteiger partial charge in [-0.25, -0.2) is 0 Å². The SMILES string of the molecule is [CH2]C(O)(CCCO)COCCCCCCCCCCCCCCCC. The molecule has 1 unspecified atom stereocenters. The van der Waals surface area contributed by atoms with Crippen molar-refractivity contribution in [3.05, 3.63) is 6.92 Å². The largest absolute Gasteiger partial charge is 0.396 e. The van der Waals surface area contributed by atoms with Gasteiger partial charge in [-0.3, -0.25) is 0 Å². The summed E-state index contributed by atoms with van der Waals surface area (Å²) in [4.78, 5) is 0. The van der Waals surface area contributed by atoms with Gasteiger partial charge in [0.05, 0.1) is 12.2 Å². The van der Waals surface area contributed by atoms with Crippen LogP contribution < -0.4 is 0 Å². The van der Waals surface area contributed by atoms with Crippen LogP contribution in [-0.4, -0.2) is 35.6 Å². The number of rotatable bonds is 20. The predicted molar refractivity (Wildman–Crippen MR) is 108 cm³/mol. The number of hydrogen-bond acceptors (Lipinski definition) is 3. The number of aliphatic hydroxyl groups is 2. The van der Waals surface area contributed by atoms with Gasteiger partial charge in [0.25, 0.3) is 0 Å². The molecule has 0 aromatic rings. The van der Waals surface area contributed by atoms with E-state index in [4.69, 9.17) is 9.84 Å². The van der Waals surface area contributed by atoms with Crippen LogP contribution in [0.4, 0.5) is 0 Å². The van der Waals surface area contributed by atoms with Gasteiger partial charge in [-0.05, 0) is 26.2 Å². The molecule has 0 aromatic heterocycles. The highest BCUT2D eigenvalue weighted by Gasteiger charge is 2.19. The Morgan fingerprint density at radius 3 is 1.60 bits per heavy atom. The van der Waals surface area contributed by atoms with Crippen molar-refractivity contribution >= 4 is 0 Å². The zero-order chi connectivity index (χ0) is 18.6. The molecule has 0 rings (SSSR count). The summed E-state index contributed by atoms with van der Waals surface area (Å²) in [5, 5.41) is 18.7. The molecule has 0 aliphatic rings. The van der Waals surface area contributed by atoms with E-state index in [-0.39, 0.29) is 13.2 Å². The molecule has 0 aromatic carbocycles. The standard InChI is InChI=1S/C22H45O3/c1-3-4-5-6-7-8-9-10-11-12-13-14-15-16-20-25-21-22(2,24)18-17-19-23/h23-24H,2-21H2,1H3. The van der Waals surface area contributed by atoms with E-state index in [1.165, 1.54) is 83.5 Å². The minimum absolute atomic E-state index is 0.0940. The lowest BCUT2D eigenvalue weighted by Crippen LogP contribution is -2.31. The van der Waals surface area contributed by atoms with Gasteiger partial charge in [0.2, 0.25) is 0 Å². The molecule has 0 saturated heterocycles. The van der Waals surface area contributed by atoms with Crippen molar-refractivity contribution in [1.29, 1.82) is 0 Å². The van der Waals surface area contributed by atoms with Crippen LogP contribution in [0, 0.1) is 6.92 Å². The van der Waals surface area contributed by atoms with Crippen molar-refractivity contribution in [3.63, 3.8) is 0 Å². The normalized spacial score (nSPS) is 13.9. The Morgan fingerprint density at radius 1 is 0.720 bits per heavy atom. The average Bonchev–Trinajstić information content (AvgIpc) is 2.59.